The van der Waals surface area contributed by atoms with E-state index < -0.39 is 0 Å². The summed E-state index contributed by atoms with van der Waals surface area (Å²) >= 11 is 0. The van der Waals surface area contributed by atoms with Gasteiger partial charge in [0, 0.05) is 46.0 Å². The molecule has 2 N–H and O–H groups in total. The lowest BCUT2D eigenvalue weighted by Crippen LogP contribution is -2.53. The third-order valence-electron chi connectivity index (χ3n) is 4.36. The van der Waals surface area contributed by atoms with Gasteiger partial charge >= 0.3 is 0 Å². The van der Waals surface area contributed by atoms with Crippen LogP contribution in [0.3, 0.4) is 0 Å². The van der Waals surface area contributed by atoms with Crippen LogP contribution in [0.1, 0.15) is 58.8 Å². The molecule has 0 aromatic rings. The van der Waals surface area contributed by atoms with Gasteiger partial charge in [0.2, 0.25) is 0 Å². The summed E-state index contributed by atoms with van der Waals surface area (Å²) in [5.74, 6) is 0. The van der Waals surface area contributed by atoms with Crippen LogP contribution in [0.25, 0.3) is 0 Å². The quantitative estimate of drug-likeness (QED) is 0.472. The SMILES string of the molecule is CCCCCCCC(C)(CN)N(CCCOC)CCOC. The Balaban J connectivity index is 4.36. The molecule has 0 aromatic heterocycles. The molecule has 4 nitrogen and oxygen atoms in total. The van der Waals surface area contributed by atoms with Crippen LogP contribution in [0.2, 0.25) is 0 Å². The summed E-state index contributed by atoms with van der Waals surface area (Å²) in [6, 6.07) is 0. The third-order valence-corrected chi connectivity index (χ3v) is 4.36. The van der Waals surface area contributed by atoms with E-state index in [0.29, 0.717) is 6.54 Å². The van der Waals surface area contributed by atoms with Crippen molar-refractivity contribution in [3.8, 4) is 0 Å². The average Bonchev–Trinajstić information content (AvgIpc) is 2.50. The lowest BCUT2D eigenvalue weighted by atomic mass is 9.91. The van der Waals surface area contributed by atoms with E-state index in [1.165, 1.54) is 38.5 Å². The second kappa shape index (κ2) is 13.5. The number of rotatable bonds is 15. The van der Waals surface area contributed by atoms with Crippen molar-refractivity contribution in [3.63, 3.8) is 0 Å². The Morgan fingerprint density at radius 3 is 2.14 bits per heavy atom. The predicted molar refractivity (Wildman–Crippen MR) is 90.8 cm³/mol. The van der Waals surface area contributed by atoms with E-state index in [-0.39, 0.29) is 5.54 Å². The van der Waals surface area contributed by atoms with Gasteiger partial charge in [0.1, 0.15) is 0 Å². The lowest BCUT2D eigenvalue weighted by molar-refractivity contribution is 0.0547. The highest BCUT2D eigenvalue weighted by Crippen LogP contribution is 2.22. The van der Waals surface area contributed by atoms with Crippen LogP contribution < -0.4 is 5.73 Å². The molecule has 0 saturated carbocycles. The van der Waals surface area contributed by atoms with Gasteiger partial charge in [-0.2, -0.15) is 0 Å². The van der Waals surface area contributed by atoms with Gasteiger partial charge in [-0.3, -0.25) is 4.90 Å². The Morgan fingerprint density at radius 2 is 1.57 bits per heavy atom. The number of nitrogens with two attached hydrogens (primary N) is 1. The van der Waals surface area contributed by atoms with Crippen molar-refractivity contribution in [3.05, 3.63) is 0 Å². The Hall–Kier alpha value is -0.160. The first-order valence-corrected chi connectivity index (χ1v) is 8.57. The molecule has 128 valence electrons. The van der Waals surface area contributed by atoms with E-state index in [2.05, 4.69) is 18.7 Å². The zero-order valence-corrected chi connectivity index (χ0v) is 14.8. The van der Waals surface area contributed by atoms with Gasteiger partial charge in [-0.05, 0) is 19.8 Å². The minimum atomic E-state index is 0.0818. The number of nitrogens with zero attached hydrogens (tertiary/aromatic N) is 1. The minimum Gasteiger partial charge on any atom is -0.385 e. The molecule has 0 aliphatic heterocycles. The maximum absolute atomic E-state index is 6.11. The molecule has 1 atom stereocenters. The van der Waals surface area contributed by atoms with Gasteiger partial charge in [0.15, 0.2) is 0 Å². The molecule has 0 aliphatic rings. The Kier molecular flexibility index (Phi) is 13.4. The smallest absolute Gasteiger partial charge is 0.0589 e. The minimum absolute atomic E-state index is 0.0818. The van der Waals surface area contributed by atoms with E-state index >= 15 is 0 Å². The molecule has 0 rings (SSSR count). The Bertz CT molecular complexity index is 227. The van der Waals surface area contributed by atoms with Crippen molar-refractivity contribution in [1.29, 1.82) is 0 Å². The van der Waals surface area contributed by atoms with Gasteiger partial charge in [-0.25, -0.2) is 0 Å². The summed E-state index contributed by atoms with van der Waals surface area (Å²) < 4.78 is 10.4. The van der Waals surface area contributed by atoms with Gasteiger partial charge < -0.3 is 15.2 Å². The predicted octanol–water partition coefficient (Wildman–Crippen LogP) is 3.05. The lowest BCUT2D eigenvalue weighted by Gasteiger charge is -2.41. The molecule has 0 bridgehead atoms. The van der Waals surface area contributed by atoms with Crippen LogP contribution in [-0.2, 0) is 9.47 Å². The van der Waals surface area contributed by atoms with Crippen LogP contribution in [0.5, 0.6) is 0 Å². The fourth-order valence-corrected chi connectivity index (χ4v) is 2.75. The molecule has 0 spiro atoms. The Labute approximate surface area is 132 Å². The number of hydrogen-bond acceptors (Lipinski definition) is 4. The van der Waals surface area contributed by atoms with Crippen molar-refractivity contribution in [2.45, 2.75) is 64.3 Å². The molecule has 1 unspecified atom stereocenters. The number of hydrogen-bond donors (Lipinski definition) is 1. The van der Waals surface area contributed by atoms with Crippen molar-refractivity contribution >= 4 is 0 Å². The van der Waals surface area contributed by atoms with Gasteiger partial charge in [-0.15, -0.1) is 0 Å². The van der Waals surface area contributed by atoms with E-state index in [1.807, 2.05) is 0 Å². The normalized spacial score (nSPS) is 14.6. The van der Waals surface area contributed by atoms with E-state index in [0.717, 1.165) is 32.7 Å². The number of unbranched alkanes of at least 4 members (excludes halogenated alkanes) is 4. The van der Waals surface area contributed by atoms with Crippen LogP contribution in [0.15, 0.2) is 0 Å². The molecular formula is C17H38N2O2. The standard InChI is InChI=1S/C17H38N2O2/c1-5-6-7-8-9-11-17(2,16-18)19(13-15-21-4)12-10-14-20-3/h5-16,18H2,1-4H3. The molecule has 0 radical (unpaired) electrons. The second-order valence-electron chi connectivity index (χ2n) is 6.19. The summed E-state index contributed by atoms with van der Waals surface area (Å²) in [5, 5.41) is 0. The average molecular weight is 303 g/mol. The molecule has 0 aliphatic carbocycles. The van der Waals surface area contributed by atoms with Gasteiger partial charge in [-0.1, -0.05) is 39.0 Å². The molecule has 0 heterocycles. The number of methoxy groups -OCH3 is 2. The van der Waals surface area contributed by atoms with E-state index in [4.69, 9.17) is 15.2 Å². The van der Waals surface area contributed by atoms with E-state index in [9.17, 15) is 0 Å². The van der Waals surface area contributed by atoms with Crippen LogP contribution in [-0.4, -0.2) is 57.5 Å². The van der Waals surface area contributed by atoms with Crippen LogP contribution >= 0.6 is 0 Å². The molecular weight excluding hydrogens is 264 g/mol. The zero-order chi connectivity index (χ0) is 16.0. The highest BCUT2D eigenvalue weighted by Gasteiger charge is 2.29. The highest BCUT2D eigenvalue weighted by atomic mass is 16.5. The maximum Gasteiger partial charge on any atom is 0.0589 e. The molecule has 0 fully saturated rings. The molecule has 0 amide bonds. The first-order valence-electron chi connectivity index (χ1n) is 8.57. The first kappa shape index (κ1) is 20.8. The third kappa shape index (κ3) is 9.46. The monoisotopic (exact) mass is 302 g/mol. The van der Waals surface area contributed by atoms with Crippen molar-refractivity contribution in [1.82, 2.24) is 4.90 Å². The van der Waals surface area contributed by atoms with E-state index in [1.54, 1.807) is 14.2 Å². The molecule has 21 heavy (non-hydrogen) atoms. The summed E-state index contributed by atoms with van der Waals surface area (Å²) in [6.45, 7) is 8.81. The molecule has 0 aromatic carbocycles. The summed E-state index contributed by atoms with van der Waals surface area (Å²) in [4.78, 5) is 2.50. The van der Waals surface area contributed by atoms with Gasteiger partial charge in [0.05, 0.1) is 6.61 Å². The fourth-order valence-electron chi connectivity index (χ4n) is 2.75. The largest absolute Gasteiger partial charge is 0.385 e. The zero-order valence-electron chi connectivity index (χ0n) is 14.8. The summed E-state index contributed by atoms with van der Waals surface area (Å²) in [6.07, 6.45) is 8.79. The van der Waals surface area contributed by atoms with Crippen molar-refractivity contribution < 1.29 is 9.47 Å². The fraction of sp³-hybridized carbons (Fsp3) is 1.00. The highest BCUT2D eigenvalue weighted by molar-refractivity contribution is 4.87. The topological polar surface area (TPSA) is 47.7 Å². The second-order valence-corrected chi connectivity index (χ2v) is 6.19. The van der Waals surface area contributed by atoms with Crippen molar-refractivity contribution in [2.24, 2.45) is 5.73 Å². The summed E-state index contributed by atoms with van der Waals surface area (Å²) in [7, 11) is 3.52. The summed E-state index contributed by atoms with van der Waals surface area (Å²) in [5.41, 5.74) is 6.19. The van der Waals surface area contributed by atoms with Crippen molar-refractivity contribution in [2.75, 3.05) is 47.1 Å². The van der Waals surface area contributed by atoms with Gasteiger partial charge in [0.25, 0.3) is 0 Å². The number of ether oxygens (including phenoxy) is 2. The molecule has 4 heteroatoms. The molecule has 0 saturated heterocycles. The first-order chi connectivity index (χ1) is 10.1. The Morgan fingerprint density at radius 1 is 0.905 bits per heavy atom. The van der Waals surface area contributed by atoms with Crippen LogP contribution in [0.4, 0.5) is 0 Å². The maximum atomic E-state index is 6.11. The van der Waals surface area contributed by atoms with Crippen LogP contribution in [0, 0.1) is 0 Å².